The smallest absolute Gasteiger partial charge is 0.323 e. The van der Waals surface area contributed by atoms with Crippen LogP contribution in [0.3, 0.4) is 0 Å². The normalized spacial score (nSPS) is 9.41. The molecular weight excluding hydrogens is 220 g/mol. The molecule has 0 radical (unpaired) electrons. The van der Waals surface area contributed by atoms with Crippen molar-refractivity contribution in [3.05, 3.63) is 29.6 Å². The molecule has 0 aliphatic rings. The van der Waals surface area contributed by atoms with Gasteiger partial charge in [0.15, 0.2) is 0 Å². The van der Waals surface area contributed by atoms with E-state index in [0.29, 0.717) is 5.69 Å². The molecule has 1 amide bonds. The van der Waals surface area contributed by atoms with E-state index in [0.717, 1.165) is 4.90 Å². The Bertz CT molecular complexity index is 477. The van der Waals surface area contributed by atoms with Gasteiger partial charge in [0.25, 0.3) is 5.91 Å². The number of hydrogen-bond acceptors (Lipinski definition) is 3. The minimum Gasteiger partial charge on any atom is -0.480 e. The molecule has 0 aliphatic carbocycles. The fourth-order valence-corrected chi connectivity index (χ4v) is 1.30. The van der Waals surface area contributed by atoms with Crippen LogP contribution in [0.4, 0.5) is 0 Å². The van der Waals surface area contributed by atoms with Gasteiger partial charge in [-0.3, -0.25) is 9.59 Å². The number of aryl methyl sites for hydroxylation is 1. The summed E-state index contributed by atoms with van der Waals surface area (Å²) in [5.41, 5.74) is 0.883. The predicted molar refractivity (Wildman–Crippen MR) is 61.3 cm³/mol. The molecule has 1 N–H and O–H groups in total. The van der Waals surface area contributed by atoms with Crippen LogP contribution < -0.4 is 0 Å². The predicted octanol–water partition coefficient (Wildman–Crippen LogP) is 0.550. The van der Waals surface area contributed by atoms with Crippen LogP contribution in [0.15, 0.2) is 18.2 Å². The van der Waals surface area contributed by atoms with E-state index in [-0.39, 0.29) is 12.2 Å². The van der Waals surface area contributed by atoms with Gasteiger partial charge in [-0.25, -0.2) is 4.98 Å². The van der Waals surface area contributed by atoms with Crippen molar-refractivity contribution in [1.82, 2.24) is 9.88 Å². The number of carbonyl (C=O) groups is 2. The minimum atomic E-state index is -1.11. The third-order valence-electron chi connectivity index (χ3n) is 2.00. The summed E-state index contributed by atoms with van der Waals surface area (Å²) >= 11 is 0. The number of hydrogen-bond donors (Lipinski definition) is 1. The van der Waals surface area contributed by atoms with Crippen LogP contribution in [-0.2, 0) is 4.79 Å². The second-order valence-electron chi connectivity index (χ2n) is 3.42. The molecule has 0 atom stereocenters. The van der Waals surface area contributed by atoms with Crippen molar-refractivity contribution in [3.8, 4) is 12.3 Å². The van der Waals surface area contributed by atoms with E-state index >= 15 is 0 Å². The minimum absolute atomic E-state index is 0.0548. The lowest BCUT2D eigenvalue weighted by molar-refractivity contribution is -0.137. The van der Waals surface area contributed by atoms with Crippen molar-refractivity contribution < 1.29 is 14.7 Å². The average Bonchev–Trinajstić information content (AvgIpc) is 2.27. The van der Waals surface area contributed by atoms with Crippen molar-refractivity contribution in [1.29, 1.82) is 0 Å². The Labute approximate surface area is 99.1 Å². The summed E-state index contributed by atoms with van der Waals surface area (Å²) in [7, 11) is 0. The lowest BCUT2D eigenvalue weighted by atomic mass is 10.2. The molecule has 17 heavy (non-hydrogen) atoms. The Balaban J connectivity index is 2.92. The number of carboxylic acid groups (broad SMARTS) is 1. The first kappa shape index (κ1) is 12.7. The highest BCUT2D eigenvalue weighted by Crippen LogP contribution is 2.03. The zero-order valence-corrected chi connectivity index (χ0v) is 9.38. The molecule has 0 bridgehead atoms. The van der Waals surface area contributed by atoms with E-state index in [1.807, 2.05) is 0 Å². The number of aromatic nitrogens is 1. The summed E-state index contributed by atoms with van der Waals surface area (Å²) < 4.78 is 0. The Morgan fingerprint density at radius 1 is 1.53 bits per heavy atom. The maximum absolute atomic E-state index is 11.9. The Hall–Kier alpha value is -2.35. The molecule has 0 saturated heterocycles. The number of amides is 1. The number of rotatable bonds is 4. The number of nitrogens with zero attached hydrogens (tertiary/aromatic N) is 2. The molecule has 88 valence electrons. The van der Waals surface area contributed by atoms with Crippen LogP contribution in [0.1, 0.15) is 16.2 Å². The second-order valence-corrected chi connectivity index (χ2v) is 3.42. The molecular formula is C12H12N2O3. The first-order valence-electron chi connectivity index (χ1n) is 4.92. The lowest BCUT2D eigenvalue weighted by Crippen LogP contribution is -2.36. The first-order chi connectivity index (χ1) is 8.04. The van der Waals surface area contributed by atoms with Gasteiger partial charge in [-0.15, -0.1) is 6.42 Å². The van der Waals surface area contributed by atoms with E-state index in [1.165, 1.54) is 6.07 Å². The molecule has 0 fully saturated rings. The van der Waals surface area contributed by atoms with Crippen LogP contribution in [0, 0.1) is 19.3 Å². The second kappa shape index (κ2) is 5.66. The van der Waals surface area contributed by atoms with Gasteiger partial charge in [-0.2, -0.15) is 0 Å². The Kier molecular flexibility index (Phi) is 4.23. The van der Waals surface area contributed by atoms with Crippen LogP contribution in [0.2, 0.25) is 0 Å². The Morgan fingerprint density at radius 3 is 2.76 bits per heavy atom. The topological polar surface area (TPSA) is 70.5 Å². The van der Waals surface area contributed by atoms with E-state index in [2.05, 4.69) is 10.9 Å². The zero-order valence-electron chi connectivity index (χ0n) is 9.38. The molecule has 1 aromatic rings. The fraction of sp³-hybridized carbons (Fsp3) is 0.250. The van der Waals surface area contributed by atoms with Crippen molar-refractivity contribution in [2.75, 3.05) is 13.1 Å². The molecule has 1 rings (SSSR count). The van der Waals surface area contributed by atoms with Crippen LogP contribution in [0.5, 0.6) is 0 Å². The molecule has 5 heteroatoms. The molecule has 0 unspecified atom stereocenters. The number of terminal acetylenes is 1. The highest BCUT2D eigenvalue weighted by atomic mass is 16.4. The summed E-state index contributed by atoms with van der Waals surface area (Å²) in [5.74, 6) is 0.665. The van der Waals surface area contributed by atoms with Gasteiger partial charge in [0, 0.05) is 5.69 Å². The van der Waals surface area contributed by atoms with Gasteiger partial charge in [-0.1, -0.05) is 12.0 Å². The summed E-state index contributed by atoms with van der Waals surface area (Å²) in [6.07, 6.45) is 5.09. The van der Waals surface area contributed by atoms with E-state index in [1.54, 1.807) is 19.1 Å². The van der Waals surface area contributed by atoms with Gasteiger partial charge in [0.2, 0.25) is 0 Å². The van der Waals surface area contributed by atoms with Gasteiger partial charge in [0.05, 0.1) is 6.54 Å². The average molecular weight is 232 g/mol. The maximum Gasteiger partial charge on any atom is 0.323 e. The van der Waals surface area contributed by atoms with Crippen molar-refractivity contribution in [3.63, 3.8) is 0 Å². The van der Waals surface area contributed by atoms with Gasteiger partial charge >= 0.3 is 5.97 Å². The highest BCUT2D eigenvalue weighted by Gasteiger charge is 2.18. The molecule has 1 heterocycles. The monoisotopic (exact) mass is 232 g/mol. The number of carboxylic acids is 1. The van der Waals surface area contributed by atoms with E-state index < -0.39 is 18.4 Å². The van der Waals surface area contributed by atoms with Gasteiger partial charge in [-0.05, 0) is 19.1 Å². The van der Waals surface area contributed by atoms with Gasteiger partial charge in [0.1, 0.15) is 12.2 Å². The number of pyridine rings is 1. The zero-order chi connectivity index (χ0) is 12.8. The van der Waals surface area contributed by atoms with Crippen molar-refractivity contribution in [2.45, 2.75) is 6.92 Å². The molecule has 1 aromatic heterocycles. The third-order valence-corrected chi connectivity index (χ3v) is 2.00. The molecule has 0 aliphatic heterocycles. The Morgan fingerprint density at radius 2 is 2.24 bits per heavy atom. The molecule has 0 saturated carbocycles. The van der Waals surface area contributed by atoms with E-state index in [9.17, 15) is 9.59 Å². The number of carbonyl (C=O) groups excluding carboxylic acids is 1. The standard InChI is InChI=1S/C12H12N2O3/c1-3-7-14(8-11(15)16)12(17)10-6-4-5-9(2)13-10/h1,4-6H,7-8H2,2H3,(H,15,16). The summed E-state index contributed by atoms with van der Waals surface area (Å²) in [6, 6.07) is 4.96. The fourth-order valence-electron chi connectivity index (χ4n) is 1.30. The van der Waals surface area contributed by atoms with Crippen LogP contribution in [-0.4, -0.2) is 40.0 Å². The van der Waals surface area contributed by atoms with Crippen molar-refractivity contribution >= 4 is 11.9 Å². The van der Waals surface area contributed by atoms with Crippen molar-refractivity contribution in [2.24, 2.45) is 0 Å². The van der Waals surface area contributed by atoms with E-state index in [4.69, 9.17) is 11.5 Å². The molecule has 5 nitrogen and oxygen atoms in total. The summed E-state index contributed by atoms with van der Waals surface area (Å²) in [4.78, 5) is 27.6. The molecule has 0 spiro atoms. The van der Waals surface area contributed by atoms with Crippen LogP contribution in [0.25, 0.3) is 0 Å². The highest BCUT2D eigenvalue weighted by molar-refractivity contribution is 5.94. The molecule has 0 aromatic carbocycles. The quantitative estimate of drug-likeness (QED) is 0.769. The maximum atomic E-state index is 11.9. The van der Waals surface area contributed by atoms with Crippen LogP contribution >= 0.6 is 0 Å². The summed E-state index contributed by atoms with van der Waals surface area (Å²) in [6.45, 7) is 1.26. The third kappa shape index (κ3) is 3.61. The largest absolute Gasteiger partial charge is 0.480 e. The van der Waals surface area contributed by atoms with Gasteiger partial charge < -0.3 is 10.0 Å². The SMILES string of the molecule is C#CCN(CC(=O)O)C(=O)c1cccc(C)n1. The lowest BCUT2D eigenvalue weighted by Gasteiger charge is -2.17. The first-order valence-corrected chi connectivity index (χ1v) is 4.92. The number of aliphatic carboxylic acids is 1. The summed E-state index contributed by atoms with van der Waals surface area (Å²) in [5, 5.41) is 8.68.